The number of thioether (sulfide) groups is 1. The van der Waals surface area contributed by atoms with E-state index in [9.17, 15) is 4.39 Å². The van der Waals surface area contributed by atoms with Crippen LogP contribution >= 0.6 is 11.8 Å². The number of halogens is 1. The third kappa shape index (κ3) is 4.16. The van der Waals surface area contributed by atoms with E-state index in [1.807, 2.05) is 0 Å². The summed E-state index contributed by atoms with van der Waals surface area (Å²) in [7, 11) is 0. The summed E-state index contributed by atoms with van der Waals surface area (Å²) in [6.07, 6.45) is 0.839. The fraction of sp³-hybridized carbons (Fsp3) is 0.333. The molecule has 5 heteroatoms. The molecule has 0 N–H and O–H groups in total. The van der Waals surface area contributed by atoms with Gasteiger partial charge in [-0.1, -0.05) is 5.11 Å². The van der Waals surface area contributed by atoms with Crippen LogP contribution in [-0.4, -0.2) is 12.3 Å². The number of nitrogens with zero attached hydrogens (tertiary/aromatic N) is 3. The van der Waals surface area contributed by atoms with E-state index in [1.54, 1.807) is 23.9 Å². The highest BCUT2D eigenvalue weighted by Gasteiger charge is 1.94. The second-order valence-electron chi connectivity index (χ2n) is 2.61. The second-order valence-corrected chi connectivity index (χ2v) is 3.78. The average molecular weight is 211 g/mol. The van der Waals surface area contributed by atoms with Crippen molar-refractivity contribution in [3.63, 3.8) is 0 Å². The van der Waals surface area contributed by atoms with Gasteiger partial charge in [-0.15, -0.1) is 11.8 Å². The van der Waals surface area contributed by atoms with Crippen molar-refractivity contribution in [1.82, 2.24) is 0 Å². The van der Waals surface area contributed by atoms with E-state index < -0.39 is 0 Å². The number of benzene rings is 1. The molecule has 0 heterocycles. The van der Waals surface area contributed by atoms with Crippen LogP contribution in [0.5, 0.6) is 0 Å². The molecule has 0 atom stereocenters. The van der Waals surface area contributed by atoms with Crippen molar-refractivity contribution in [2.75, 3.05) is 12.3 Å². The lowest BCUT2D eigenvalue weighted by Gasteiger charge is -1.99. The summed E-state index contributed by atoms with van der Waals surface area (Å²) in [5.41, 5.74) is 8.02. The SMILES string of the molecule is [N-]=[N+]=NCCCSc1ccc(F)cc1. The van der Waals surface area contributed by atoms with Gasteiger partial charge in [-0.05, 0) is 42.0 Å². The lowest BCUT2D eigenvalue weighted by molar-refractivity contribution is 0.626. The topological polar surface area (TPSA) is 48.8 Å². The fourth-order valence-electron chi connectivity index (χ4n) is 0.901. The molecule has 3 nitrogen and oxygen atoms in total. The number of azide groups is 1. The second kappa shape index (κ2) is 6.29. The first-order valence-corrected chi connectivity index (χ1v) is 5.20. The molecule has 0 aliphatic heterocycles. The van der Waals surface area contributed by atoms with Crippen molar-refractivity contribution >= 4 is 11.8 Å². The first kappa shape index (κ1) is 10.9. The van der Waals surface area contributed by atoms with E-state index in [1.165, 1.54) is 12.1 Å². The van der Waals surface area contributed by atoms with Gasteiger partial charge in [0.1, 0.15) is 5.82 Å². The van der Waals surface area contributed by atoms with Crippen LogP contribution in [0.2, 0.25) is 0 Å². The van der Waals surface area contributed by atoms with Gasteiger partial charge < -0.3 is 0 Å². The molecule has 0 unspecified atom stereocenters. The number of hydrogen-bond donors (Lipinski definition) is 0. The van der Waals surface area contributed by atoms with Crippen LogP contribution < -0.4 is 0 Å². The molecule has 0 spiro atoms. The monoisotopic (exact) mass is 211 g/mol. The molecular weight excluding hydrogens is 201 g/mol. The van der Waals surface area contributed by atoms with Gasteiger partial charge in [0.15, 0.2) is 0 Å². The van der Waals surface area contributed by atoms with Gasteiger partial charge in [-0.25, -0.2) is 4.39 Å². The van der Waals surface area contributed by atoms with Gasteiger partial charge in [-0.2, -0.15) is 0 Å². The number of hydrogen-bond acceptors (Lipinski definition) is 2. The van der Waals surface area contributed by atoms with Gasteiger partial charge in [0.25, 0.3) is 0 Å². The minimum Gasteiger partial charge on any atom is -0.207 e. The van der Waals surface area contributed by atoms with Crippen molar-refractivity contribution in [2.24, 2.45) is 5.11 Å². The van der Waals surface area contributed by atoms with E-state index in [0.717, 1.165) is 17.1 Å². The molecule has 0 radical (unpaired) electrons. The van der Waals surface area contributed by atoms with E-state index in [0.29, 0.717) is 6.54 Å². The lowest BCUT2D eigenvalue weighted by Crippen LogP contribution is -1.83. The highest BCUT2D eigenvalue weighted by molar-refractivity contribution is 7.99. The minimum atomic E-state index is -0.219. The molecule has 0 amide bonds. The maximum absolute atomic E-state index is 12.5. The molecule has 14 heavy (non-hydrogen) atoms. The molecule has 0 saturated heterocycles. The molecular formula is C9H10FN3S. The molecule has 1 aromatic carbocycles. The van der Waals surface area contributed by atoms with Gasteiger partial charge in [0.05, 0.1) is 0 Å². The van der Waals surface area contributed by atoms with Crippen LogP contribution in [0.1, 0.15) is 6.42 Å². The summed E-state index contributed by atoms with van der Waals surface area (Å²) in [5.74, 6) is 0.661. The zero-order valence-corrected chi connectivity index (χ0v) is 8.38. The Labute approximate surface area is 85.9 Å². The zero-order chi connectivity index (χ0) is 10.2. The summed E-state index contributed by atoms with van der Waals surface area (Å²) in [6.45, 7) is 0.519. The first-order valence-electron chi connectivity index (χ1n) is 4.22. The minimum absolute atomic E-state index is 0.219. The predicted molar refractivity (Wildman–Crippen MR) is 55.8 cm³/mol. The van der Waals surface area contributed by atoms with Crippen molar-refractivity contribution < 1.29 is 4.39 Å². The lowest BCUT2D eigenvalue weighted by atomic mass is 10.4. The summed E-state index contributed by atoms with van der Waals surface area (Å²) in [6, 6.07) is 6.37. The van der Waals surface area contributed by atoms with Gasteiger partial charge >= 0.3 is 0 Å². The average Bonchev–Trinajstić information content (AvgIpc) is 2.21. The summed E-state index contributed by atoms with van der Waals surface area (Å²) < 4.78 is 12.5. The molecule has 0 fully saturated rings. The Morgan fingerprint density at radius 1 is 1.36 bits per heavy atom. The van der Waals surface area contributed by atoms with Crippen LogP contribution in [0.15, 0.2) is 34.3 Å². The van der Waals surface area contributed by atoms with E-state index in [2.05, 4.69) is 10.0 Å². The molecule has 1 rings (SSSR count). The maximum Gasteiger partial charge on any atom is 0.123 e. The Kier molecular flexibility index (Phi) is 4.89. The molecule has 1 aromatic rings. The van der Waals surface area contributed by atoms with Crippen LogP contribution in [0, 0.1) is 5.82 Å². The normalized spacial score (nSPS) is 9.50. The largest absolute Gasteiger partial charge is 0.207 e. The number of rotatable bonds is 5. The quantitative estimate of drug-likeness (QED) is 0.241. The molecule has 0 aliphatic rings. The Morgan fingerprint density at radius 3 is 2.71 bits per heavy atom. The van der Waals surface area contributed by atoms with Gasteiger partial charge in [-0.3, -0.25) is 0 Å². The Morgan fingerprint density at radius 2 is 2.07 bits per heavy atom. The predicted octanol–water partition coefficient (Wildman–Crippen LogP) is 3.62. The third-order valence-corrected chi connectivity index (χ3v) is 2.65. The van der Waals surface area contributed by atoms with Gasteiger partial charge in [0, 0.05) is 16.4 Å². The third-order valence-electron chi connectivity index (χ3n) is 1.55. The highest BCUT2D eigenvalue weighted by atomic mass is 32.2. The zero-order valence-electron chi connectivity index (χ0n) is 7.56. The smallest absolute Gasteiger partial charge is 0.123 e. The Bertz CT molecular complexity index is 319. The van der Waals surface area contributed by atoms with Crippen LogP contribution in [0.3, 0.4) is 0 Å². The first-order chi connectivity index (χ1) is 6.83. The van der Waals surface area contributed by atoms with Crippen molar-refractivity contribution in [1.29, 1.82) is 0 Å². The molecule has 0 aromatic heterocycles. The van der Waals surface area contributed by atoms with Crippen molar-refractivity contribution in [2.45, 2.75) is 11.3 Å². The Balaban J connectivity index is 2.24. The van der Waals surface area contributed by atoms with Crippen LogP contribution in [0.25, 0.3) is 10.4 Å². The van der Waals surface area contributed by atoms with E-state index >= 15 is 0 Å². The summed E-state index contributed by atoms with van der Waals surface area (Å²) in [4.78, 5) is 3.69. The summed E-state index contributed by atoms with van der Waals surface area (Å²) in [5, 5.41) is 3.42. The van der Waals surface area contributed by atoms with Crippen LogP contribution in [0.4, 0.5) is 4.39 Å². The molecule has 0 bridgehead atoms. The highest BCUT2D eigenvalue weighted by Crippen LogP contribution is 2.18. The van der Waals surface area contributed by atoms with E-state index in [-0.39, 0.29) is 5.82 Å². The van der Waals surface area contributed by atoms with Crippen molar-refractivity contribution in [3.8, 4) is 0 Å². The fourth-order valence-corrected chi connectivity index (χ4v) is 1.74. The van der Waals surface area contributed by atoms with Gasteiger partial charge in [0.2, 0.25) is 0 Å². The van der Waals surface area contributed by atoms with E-state index in [4.69, 9.17) is 5.53 Å². The molecule has 74 valence electrons. The molecule has 0 saturated carbocycles. The molecule has 0 aliphatic carbocycles. The Hall–Kier alpha value is -1.19. The van der Waals surface area contributed by atoms with Crippen LogP contribution in [-0.2, 0) is 0 Å². The maximum atomic E-state index is 12.5. The summed E-state index contributed by atoms with van der Waals surface area (Å²) >= 11 is 1.63. The van der Waals surface area contributed by atoms with Crippen molar-refractivity contribution in [3.05, 3.63) is 40.5 Å². The standard InChI is InChI=1S/C9H10FN3S/c10-8-2-4-9(5-3-8)14-7-1-6-12-13-11/h2-5H,1,6-7H2.